The fourth-order valence-corrected chi connectivity index (χ4v) is 3.32. The third kappa shape index (κ3) is 4.45. The Hall–Kier alpha value is -2.58. The highest BCUT2D eigenvalue weighted by Gasteiger charge is 2.32. The Balaban J connectivity index is 1.76. The number of hydrogen-bond donors (Lipinski definition) is 1. The van der Waals surface area contributed by atoms with E-state index in [9.17, 15) is 19.6 Å². The van der Waals surface area contributed by atoms with Crippen molar-refractivity contribution in [3.63, 3.8) is 0 Å². The van der Waals surface area contributed by atoms with Gasteiger partial charge in [0, 0.05) is 32.3 Å². The second-order valence-electron chi connectivity index (χ2n) is 7.14. The van der Waals surface area contributed by atoms with Crippen LogP contribution in [0.25, 0.3) is 0 Å². The zero-order valence-corrected chi connectivity index (χ0v) is 15.9. The van der Waals surface area contributed by atoms with Gasteiger partial charge < -0.3 is 14.7 Å². The predicted molar refractivity (Wildman–Crippen MR) is 104 cm³/mol. The Labute approximate surface area is 163 Å². The minimum absolute atomic E-state index is 0.0261. The van der Waals surface area contributed by atoms with E-state index in [4.69, 9.17) is 9.73 Å². The number of likely N-dealkylation sites (N-methyl/N-ethyl adjacent to an activating group) is 1. The van der Waals surface area contributed by atoms with Gasteiger partial charge in [-0.25, -0.2) is 4.39 Å². The number of allylic oxidation sites excluding steroid dienone is 4. The summed E-state index contributed by atoms with van der Waals surface area (Å²) >= 11 is 0. The lowest BCUT2D eigenvalue weighted by atomic mass is 9.90. The highest BCUT2D eigenvalue weighted by atomic mass is 19.1. The summed E-state index contributed by atoms with van der Waals surface area (Å²) in [6, 6.07) is 0.0261. The molecular formula is C20H24FN3O4. The summed E-state index contributed by atoms with van der Waals surface area (Å²) in [7, 11) is 3.99. The number of aliphatic imine (C=N–C) groups is 1. The van der Waals surface area contributed by atoms with Gasteiger partial charge in [-0.05, 0) is 29.7 Å². The van der Waals surface area contributed by atoms with E-state index in [1.807, 2.05) is 26.2 Å². The molecular weight excluding hydrogens is 365 g/mol. The molecule has 0 saturated heterocycles. The van der Waals surface area contributed by atoms with Crippen LogP contribution >= 0.6 is 0 Å². The largest absolute Gasteiger partial charge is 0.388 e. The van der Waals surface area contributed by atoms with Gasteiger partial charge >= 0.3 is 0 Å². The molecule has 0 bridgehead atoms. The van der Waals surface area contributed by atoms with Crippen molar-refractivity contribution in [2.45, 2.75) is 31.1 Å². The van der Waals surface area contributed by atoms with E-state index in [0.29, 0.717) is 0 Å². The molecule has 1 heterocycles. The minimum Gasteiger partial charge on any atom is -0.388 e. The standard InChI is InChI=1S/C20H24FN3O4/c1-23(2)15-5-7-18-13(9-15)3-6-17(22-18)14-4-8-19(24(26)27)20(10-14)28-12-16(25)11-21/h3-6,8-9,16,18,20,25H,7,10-12H2,1-2H3/t16?,18-,20?/m0/s1. The van der Waals surface area contributed by atoms with Crippen LogP contribution in [0.1, 0.15) is 12.8 Å². The van der Waals surface area contributed by atoms with Crippen molar-refractivity contribution in [3.05, 3.63) is 69.1 Å². The molecule has 2 unspecified atom stereocenters. The number of alkyl halides is 1. The molecule has 0 aromatic heterocycles. The lowest BCUT2D eigenvalue weighted by Gasteiger charge is -2.27. The van der Waals surface area contributed by atoms with Crippen molar-refractivity contribution in [2.24, 2.45) is 4.99 Å². The fourth-order valence-electron chi connectivity index (χ4n) is 3.32. The average molecular weight is 389 g/mol. The van der Waals surface area contributed by atoms with Crippen LogP contribution in [0.15, 0.2) is 64.0 Å². The Morgan fingerprint density at radius 2 is 2.21 bits per heavy atom. The zero-order chi connectivity index (χ0) is 20.3. The molecule has 3 aliphatic rings. The van der Waals surface area contributed by atoms with E-state index >= 15 is 0 Å². The quantitative estimate of drug-likeness (QED) is 0.533. The molecule has 0 spiro atoms. The van der Waals surface area contributed by atoms with Gasteiger partial charge in [-0.2, -0.15) is 0 Å². The van der Waals surface area contributed by atoms with Crippen LogP contribution in [0.5, 0.6) is 0 Å². The molecule has 150 valence electrons. The lowest BCUT2D eigenvalue weighted by molar-refractivity contribution is -0.437. The Bertz CT molecular complexity index is 823. The van der Waals surface area contributed by atoms with Crippen molar-refractivity contribution in [1.82, 2.24) is 4.90 Å². The maximum absolute atomic E-state index is 12.5. The second kappa shape index (κ2) is 8.62. The van der Waals surface area contributed by atoms with Crippen molar-refractivity contribution in [2.75, 3.05) is 27.4 Å². The lowest BCUT2D eigenvalue weighted by Crippen LogP contribution is -2.30. The summed E-state index contributed by atoms with van der Waals surface area (Å²) in [5.74, 6) is 0. The molecule has 0 fully saturated rings. The van der Waals surface area contributed by atoms with E-state index in [1.54, 1.807) is 6.08 Å². The van der Waals surface area contributed by atoms with Gasteiger partial charge in [0.25, 0.3) is 5.70 Å². The molecule has 0 aromatic rings. The van der Waals surface area contributed by atoms with E-state index in [0.717, 1.165) is 29.0 Å². The maximum Gasteiger partial charge on any atom is 0.275 e. The van der Waals surface area contributed by atoms with Crippen molar-refractivity contribution in [3.8, 4) is 0 Å². The van der Waals surface area contributed by atoms with Crippen molar-refractivity contribution >= 4 is 5.71 Å². The molecule has 1 aliphatic heterocycles. The summed E-state index contributed by atoms with van der Waals surface area (Å²) < 4.78 is 17.9. The van der Waals surface area contributed by atoms with Gasteiger partial charge in [0.05, 0.1) is 23.3 Å². The topological polar surface area (TPSA) is 88.2 Å². The number of aliphatic hydroxyl groups is 1. The van der Waals surface area contributed by atoms with Gasteiger partial charge in [0.2, 0.25) is 0 Å². The van der Waals surface area contributed by atoms with Crippen molar-refractivity contribution < 1.29 is 19.2 Å². The number of aliphatic hydroxyl groups excluding tert-OH is 1. The highest BCUT2D eigenvalue weighted by Crippen LogP contribution is 2.30. The second-order valence-corrected chi connectivity index (χ2v) is 7.14. The molecule has 3 atom stereocenters. The maximum atomic E-state index is 12.5. The Morgan fingerprint density at radius 1 is 1.43 bits per heavy atom. The fraction of sp³-hybridized carbons (Fsp3) is 0.450. The molecule has 3 rings (SSSR count). The van der Waals surface area contributed by atoms with Crippen molar-refractivity contribution in [1.29, 1.82) is 0 Å². The first-order valence-electron chi connectivity index (χ1n) is 9.15. The van der Waals surface area contributed by atoms with E-state index in [-0.39, 0.29) is 24.8 Å². The van der Waals surface area contributed by atoms with Crippen LogP contribution < -0.4 is 0 Å². The smallest absolute Gasteiger partial charge is 0.275 e. The first-order valence-corrected chi connectivity index (χ1v) is 9.15. The van der Waals surface area contributed by atoms with Crippen LogP contribution in [0.4, 0.5) is 4.39 Å². The molecule has 2 aliphatic carbocycles. The van der Waals surface area contributed by atoms with Gasteiger partial charge in [0.1, 0.15) is 12.8 Å². The number of ether oxygens (including phenoxy) is 1. The number of fused-ring (bicyclic) bond motifs is 1. The zero-order valence-electron chi connectivity index (χ0n) is 15.9. The summed E-state index contributed by atoms with van der Waals surface area (Å²) in [5, 5.41) is 20.6. The molecule has 28 heavy (non-hydrogen) atoms. The van der Waals surface area contributed by atoms with Gasteiger partial charge in [-0.15, -0.1) is 0 Å². The van der Waals surface area contributed by atoms with E-state index in [2.05, 4.69) is 17.1 Å². The normalized spacial score (nSPS) is 24.9. The molecule has 1 N–H and O–H groups in total. The Kier molecular flexibility index (Phi) is 6.21. The number of dihydropyridines is 1. The van der Waals surface area contributed by atoms with Crippen LogP contribution in [0.3, 0.4) is 0 Å². The number of rotatable bonds is 7. The van der Waals surface area contributed by atoms with E-state index in [1.165, 1.54) is 6.08 Å². The summed E-state index contributed by atoms with van der Waals surface area (Å²) in [4.78, 5) is 17.6. The van der Waals surface area contributed by atoms with Crippen LogP contribution in [-0.4, -0.2) is 66.3 Å². The third-order valence-electron chi connectivity index (χ3n) is 4.89. The van der Waals surface area contributed by atoms with Gasteiger partial charge in [-0.3, -0.25) is 15.1 Å². The monoisotopic (exact) mass is 389 g/mol. The molecule has 8 heteroatoms. The Morgan fingerprint density at radius 3 is 2.89 bits per heavy atom. The average Bonchev–Trinajstić information content (AvgIpc) is 2.70. The SMILES string of the molecule is CN(C)C1=CC[C@@H]2N=C(C3=CC=C([N+](=O)[O-])C(OCC(O)CF)C3)C=CC2=C1. The molecule has 7 nitrogen and oxygen atoms in total. The van der Waals surface area contributed by atoms with Crippen LogP contribution in [0.2, 0.25) is 0 Å². The highest BCUT2D eigenvalue weighted by molar-refractivity contribution is 6.10. The van der Waals surface area contributed by atoms with E-state index < -0.39 is 23.8 Å². The summed E-state index contributed by atoms with van der Waals surface area (Å²) in [5.41, 5.74) is 3.76. The predicted octanol–water partition coefficient (Wildman–Crippen LogP) is 2.35. The molecule has 0 saturated carbocycles. The molecule has 0 radical (unpaired) electrons. The van der Waals surface area contributed by atoms with Gasteiger partial charge in [0.15, 0.2) is 6.10 Å². The first-order chi connectivity index (χ1) is 13.4. The summed E-state index contributed by atoms with van der Waals surface area (Å²) in [6.07, 6.45) is 10.2. The van der Waals surface area contributed by atoms with Crippen LogP contribution in [-0.2, 0) is 4.74 Å². The van der Waals surface area contributed by atoms with Gasteiger partial charge in [-0.1, -0.05) is 18.2 Å². The molecule has 0 amide bonds. The summed E-state index contributed by atoms with van der Waals surface area (Å²) in [6.45, 7) is -1.25. The minimum atomic E-state index is -1.29. The number of nitrogens with zero attached hydrogens (tertiary/aromatic N) is 3. The molecule has 0 aromatic carbocycles. The number of hydrogen-bond acceptors (Lipinski definition) is 6. The van der Waals surface area contributed by atoms with Crippen LogP contribution in [0, 0.1) is 10.1 Å². The number of halogens is 1. The first kappa shape index (κ1) is 20.2. The number of nitro groups is 1. The third-order valence-corrected chi connectivity index (χ3v) is 4.89.